The molecular formula is C21H21FN4OS2. The van der Waals surface area contributed by atoms with E-state index in [4.69, 9.17) is 0 Å². The normalized spacial score (nSPS) is 14.3. The zero-order chi connectivity index (χ0) is 20.2. The second-order valence-corrected chi connectivity index (χ2v) is 9.40. The molecule has 8 heteroatoms. The Balaban J connectivity index is 1.36. The topological polar surface area (TPSA) is 58.1 Å². The van der Waals surface area contributed by atoms with Crippen LogP contribution in [0.25, 0.3) is 0 Å². The molecule has 0 spiro atoms. The van der Waals surface area contributed by atoms with E-state index >= 15 is 0 Å². The quantitative estimate of drug-likeness (QED) is 0.574. The Kier molecular flexibility index (Phi) is 6.10. The Morgan fingerprint density at radius 1 is 1.24 bits per heavy atom. The molecule has 0 aliphatic carbocycles. The van der Waals surface area contributed by atoms with Crippen LogP contribution in [0.2, 0.25) is 0 Å². The third-order valence-corrected chi connectivity index (χ3v) is 6.82. The predicted molar refractivity (Wildman–Crippen MR) is 116 cm³/mol. The Hall–Kier alpha value is -2.45. The van der Waals surface area contributed by atoms with Crippen molar-refractivity contribution in [3.05, 3.63) is 65.5 Å². The van der Waals surface area contributed by atoms with Crippen LogP contribution < -0.4 is 10.2 Å². The van der Waals surface area contributed by atoms with E-state index in [1.807, 2.05) is 30.0 Å². The number of benzene rings is 2. The van der Waals surface area contributed by atoms with Gasteiger partial charge in [0, 0.05) is 18.8 Å². The van der Waals surface area contributed by atoms with Gasteiger partial charge in [0.2, 0.25) is 11.0 Å². The summed E-state index contributed by atoms with van der Waals surface area (Å²) in [6.07, 6.45) is 2.00. The summed E-state index contributed by atoms with van der Waals surface area (Å²) in [5, 5.41) is 12.0. The molecule has 1 N–H and O–H groups in total. The molecule has 1 unspecified atom stereocenters. The van der Waals surface area contributed by atoms with Crippen LogP contribution in [0.4, 0.5) is 15.2 Å². The molecule has 0 saturated carbocycles. The molecular weight excluding hydrogens is 407 g/mol. The van der Waals surface area contributed by atoms with Crippen molar-refractivity contribution < 1.29 is 9.18 Å². The summed E-state index contributed by atoms with van der Waals surface area (Å²) in [6, 6.07) is 14.4. The number of rotatable bonds is 6. The van der Waals surface area contributed by atoms with Crippen molar-refractivity contribution in [2.24, 2.45) is 0 Å². The van der Waals surface area contributed by atoms with Crippen LogP contribution in [0.1, 0.15) is 24.5 Å². The molecule has 0 saturated heterocycles. The lowest BCUT2D eigenvalue weighted by Crippen LogP contribution is -2.40. The van der Waals surface area contributed by atoms with Gasteiger partial charge in [0.15, 0.2) is 4.34 Å². The summed E-state index contributed by atoms with van der Waals surface area (Å²) in [5.74, 6) is -0.156. The lowest BCUT2D eigenvalue weighted by Gasteiger charge is -2.31. The fourth-order valence-corrected chi connectivity index (χ4v) is 5.25. The van der Waals surface area contributed by atoms with E-state index in [-0.39, 0.29) is 17.0 Å². The molecule has 29 heavy (non-hydrogen) atoms. The molecule has 5 nitrogen and oxygen atoms in total. The molecule has 150 valence electrons. The van der Waals surface area contributed by atoms with Crippen LogP contribution in [0, 0.1) is 5.82 Å². The highest BCUT2D eigenvalue weighted by molar-refractivity contribution is 8.02. The fraction of sp³-hybridized carbons (Fsp3) is 0.286. The smallest absolute Gasteiger partial charge is 0.240 e. The number of para-hydroxylation sites is 1. The number of fused-ring (bicyclic) bond motifs is 1. The Bertz CT molecular complexity index is 992. The minimum Gasteiger partial charge on any atom is -0.356 e. The van der Waals surface area contributed by atoms with Gasteiger partial charge >= 0.3 is 0 Å². The highest BCUT2D eigenvalue weighted by Crippen LogP contribution is 2.33. The van der Waals surface area contributed by atoms with Crippen LogP contribution in [-0.4, -0.2) is 27.9 Å². The van der Waals surface area contributed by atoms with E-state index in [1.54, 1.807) is 12.1 Å². The largest absolute Gasteiger partial charge is 0.356 e. The lowest BCUT2D eigenvalue weighted by atomic mass is 10.0. The van der Waals surface area contributed by atoms with Crippen molar-refractivity contribution in [2.75, 3.05) is 16.8 Å². The van der Waals surface area contributed by atoms with Gasteiger partial charge in [0.25, 0.3) is 0 Å². The Labute approximate surface area is 177 Å². The summed E-state index contributed by atoms with van der Waals surface area (Å²) in [4.78, 5) is 14.9. The number of hydrogen-bond acceptors (Lipinski definition) is 6. The van der Waals surface area contributed by atoms with Gasteiger partial charge in [-0.1, -0.05) is 53.4 Å². The average molecular weight is 429 g/mol. The second-order valence-electron chi connectivity index (χ2n) is 6.84. The first-order chi connectivity index (χ1) is 14.1. The summed E-state index contributed by atoms with van der Waals surface area (Å²) < 4.78 is 13.7. The van der Waals surface area contributed by atoms with E-state index in [9.17, 15) is 9.18 Å². The van der Waals surface area contributed by atoms with Crippen LogP contribution in [-0.2, 0) is 17.8 Å². The van der Waals surface area contributed by atoms with Crippen LogP contribution in [0.15, 0.2) is 52.9 Å². The zero-order valence-corrected chi connectivity index (χ0v) is 17.6. The van der Waals surface area contributed by atoms with Gasteiger partial charge < -0.3 is 10.2 Å². The van der Waals surface area contributed by atoms with Gasteiger partial charge in [-0.05, 0) is 49.1 Å². The van der Waals surface area contributed by atoms with Gasteiger partial charge in [-0.25, -0.2) is 4.39 Å². The maximum Gasteiger partial charge on any atom is 0.240 e. The molecule has 2 aromatic carbocycles. The first-order valence-corrected chi connectivity index (χ1v) is 11.2. The average Bonchev–Trinajstić information content (AvgIpc) is 3.19. The third kappa shape index (κ3) is 4.76. The van der Waals surface area contributed by atoms with Crippen molar-refractivity contribution in [3.8, 4) is 0 Å². The van der Waals surface area contributed by atoms with Gasteiger partial charge in [-0.15, -0.1) is 10.2 Å². The summed E-state index contributed by atoms with van der Waals surface area (Å²) in [7, 11) is 0. The van der Waals surface area contributed by atoms with E-state index in [0.29, 0.717) is 11.7 Å². The predicted octanol–water partition coefficient (Wildman–Crippen LogP) is 4.75. The van der Waals surface area contributed by atoms with Crippen LogP contribution >= 0.6 is 23.1 Å². The molecule has 0 fully saturated rings. The maximum absolute atomic E-state index is 13.0. The van der Waals surface area contributed by atoms with E-state index in [0.717, 1.165) is 35.0 Å². The minimum atomic E-state index is -0.252. The Morgan fingerprint density at radius 2 is 2.03 bits per heavy atom. The van der Waals surface area contributed by atoms with Gasteiger partial charge in [0.1, 0.15) is 5.82 Å². The van der Waals surface area contributed by atoms with Crippen LogP contribution in [0.5, 0.6) is 0 Å². The van der Waals surface area contributed by atoms with E-state index in [2.05, 4.69) is 21.6 Å². The highest BCUT2D eigenvalue weighted by Gasteiger charge is 2.27. The van der Waals surface area contributed by atoms with E-state index < -0.39 is 0 Å². The second kappa shape index (κ2) is 8.92. The molecule has 0 radical (unpaired) electrons. The van der Waals surface area contributed by atoms with Gasteiger partial charge in [0.05, 0.1) is 5.25 Å². The first kappa shape index (κ1) is 19.8. The van der Waals surface area contributed by atoms with Crippen molar-refractivity contribution in [3.63, 3.8) is 0 Å². The molecule has 1 amide bonds. The molecule has 1 atom stereocenters. The molecule has 4 rings (SSSR count). The summed E-state index contributed by atoms with van der Waals surface area (Å²) in [6.45, 7) is 3.21. The van der Waals surface area contributed by atoms with E-state index in [1.165, 1.54) is 40.8 Å². The van der Waals surface area contributed by atoms with Crippen molar-refractivity contribution in [1.29, 1.82) is 0 Å². The number of hydrogen-bond donors (Lipinski definition) is 1. The summed E-state index contributed by atoms with van der Waals surface area (Å²) in [5.41, 5.74) is 3.21. The number of thioether (sulfide) groups is 1. The molecule has 2 heterocycles. The summed E-state index contributed by atoms with van der Waals surface area (Å²) >= 11 is 2.85. The molecule has 1 aromatic heterocycles. The van der Waals surface area contributed by atoms with Crippen LogP contribution in [0.3, 0.4) is 0 Å². The fourth-order valence-electron chi connectivity index (χ4n) is 3.29. The number of carbonyl (C=O) groups excluding carboxylic acids is 1. The Morgan fingerprint density at radius 3 is 2.86 bits per heavy atom. The number of nitrogens with zero attached hydrogens (tertiary/aromatic N) is 3. The zero-order valence-electron chi connectivity index (χ0n) is 16.0. The standard InChI is InChI=1S/C21H21FN4OS2/c1-14(19(27)26-12-4-6-16-5-2-3-7-18(16)26)28-21-25-24-20(29-21)23-13-15-8-10-17(22)11-9-15/h2-3,5,7-11,14H,4,6,12-13H2,1H3,(H,23,24). The highest BCUT2D eigenvalue weighted by atomic mass is 32.2. The number of nitrogens with one attached hydrogen (secondary N) is 1. The van der Waals surface area contributed by atoms with Crippen molar-refractivity contribution in [2.45, 2.75) is 35.9 Å². The maximum atomic E-state index is 13.0. The molecule has 1 aliphatic rings. The monoisotopic (exact) mass is 428 g/mol. The molecule has 3 aromatic rings. The first-order valence-electron chi connectivity index (χ1n) is 9.48. The number of amides is 1. The number of halogens is 1. The number of aryl methyl sites for hydroxylation is 1. The van der Waals surface area contributed by atoms with Gasteiger partial charge in [-0.3, -0.25) is 4.79 Å². The lowest BCUT2D eigenvalue weighted by molar-refractivity contribution is -0.117. The minimum absolute atomic E-state index is 0.0955. The molecule has 1 aliphatic heterocycles. The van der Waals surface area contributed by atoms with Crippen molar-refractivity contribution in [1.82, 2.24) is 10.2 Å². The number of carbonyl (C=O) groups is 1. The van der Waals surface area contributed by atoms with Gasteiger partial charge in [-0.2, -0.15) is 0 Å². The SMILES string of the molecule is CC(Sc1nnc(NCc2ccc(F)cc2)s1)C(=O)N1CCCc2ccccc21. The number of anilines is 2. The number of aromatic nitrogens is 2. The third-order valence-electron chi connectivity index (χ3n) is 4.77. The molecule has 0 bridgehead atoms. The van der Waals surface area contributed by atoms with Crippen molar-refractivity contribution >= 4 is 39.8 Å².